The van der Waals surface area contributed by atoms with Crippen LogP contribution < -0.4 is 10.5 Å². The fourth-order valence-electron chi connectivity index (χ4n) is 1.44. The summed E-state index contributed by atoms with van der Waals surface area (Å²) in [6.45, 7) is 1.08. The molecule has 0 radical (unpaired) electrons. The number of nitrogens with two attached hydrogens (primary N) is 1. The first-order valence-electron chi connectivity index (χ1n) is 5.19. The topological polar surface area (TPSA) is 57.4 Å². The Hall–Kier alpha value is -1.59. The molecule has 0 atom stereocenters. The predicted octanol–water partition coefficient (Wildman–Crippen LogP) is 2.45. The highest BCUT2D eigenvalue weighted by atomic mass is 32.1. The maximum absolute atomic E-state index is 5.65. The second-order valence-electron chi connectivity index (χ2n) is 3.53. The van der Waals surface area contributed by atoms with E-state index in [9.17, 15) is 0 Å². The molecule has 4 nitrogen and oxygen atoms in total. The fourth-order valence-corrected chi connectivity index (χ4v) is 2.03. The number of thiazole rings is 1. The summed E-state index contributed by atoms with van der Waals surface area (Å²) in [5.74, 6) is 0.825. The zero-order valence-corrected chi connectivity index (χ0v) is 10.4. The van der Waals surface area contributed by atoms with Crippen LogP contribution in [0.4, 0.5) is 5.13 Å². The quantitative estimate of drug-likeness (QED) is 0.885. The van der Waals surface area contributed by atoms with Crippen molar-refractivity contribution in [1.82, 2.24) is 4.98 Å². The highest BCUT2D eigenvalue weighted by Gasteiger charge is 2.01. The van der Waals surface area contributed by atoms with Crippen LogP contribution in [0.5, 0.6) is 5.75 Å². The first kappa shape index (κ1) is 11.9. The molecule has 0 spiro atoms. The normalized spacial score (nSPS) is 10.4. The number of ether oxygens (including phenoxy) is 2. The third-order valence-corrected chi connectivity index (χ3v) is 2.96. The minimum Gasteiger partial charge on any atom is -0.488 e. The summed E-state index contributed by atoms with van der Waals surface area (Å²) in [7, 11) is 1.67. The highest BCUT2D eigenvalue weighted by molar-refractivity contribution is 7.15. The lowest BCUT2D eigenvalue weighted by Gasteiger charge is -2.06. The van der Waals surface area contributed by atoms with Gasteiger partial charge in [0.25, 0.3) is 0 Å². The minimum atomic E-state index is 0.491. The Morgan fingerprint density at radius 2 is 2.24 bits per heavy atom. The van der Waals surface area contributed by atoms with Crippen molar-refractivity contribution in [2.45, 2.75) is 13.2 Å². The monoisotopic (exact) mass is 250 g/mol. The number of methoxy groups -OCH3 is 1. The standard InChI is InChI=1S/C12H14N2O2S/c1-15-7-9-3-2-4-10(5-9)16-8-11-6-14-12(13)17-11/h2-6H,7-8H2,1H3,(H2,13,14). The average molecular weight is 250 g/mol. The van der Waals surface area contributed by atoms with Gasteiger partial charge in [-0.1, -0.05) is 23.5 Å². The Balaban J connectivity index is 1.96. The van der Waals surface area contributed by atoms with Crippen LogP contribution in [-0.4, -0.2) is 12.1 Å². The van der Waals surface area contributed by atoms with Gasteiger partial charge in [0, 0.05) is 13.3 Å². The molecule has 90 valence electrons. The summed E-state index contributed by atoms with van der Waals surface area (Å²) in [6.07, 6.45) is 1.74. The van der Waals surface area contributed by atoms with E-state index in [1.165, 1.54) is 11.3 Å². The molecule has 0 saturated carbocycles. The van der Waals surface area contributed by atoms with Gasteiger partial charge >= 0.3 is 0 Å². The minimum absolute atomic E-state index is 0.491. The molecule has 0 aliphatic heterocycles. The van der Waals surface area contributed by atoms with E-state index >= 15 is 0 Å². The van der Waals surface area contributed by atoms with Gasteiger partial charge in [-0.3, -0.25) is 0 Å². The van der Waals surface area contributed by atoms with Crippen LogP contribution in [0.15, 0.2) is 30.5 Å². The molecule has 1 aromatic heterocycles. The fraction of sp³-hybridized carbons (Fsp3) is 0.250. The molecule has 0 aliphatic rings. The van der Waals surface area contributed by atoms with Gasteiger partial charge in [0.15, 0.2) is 5.13 Å². The molecule has 0 bridgehead atoms. The average Bonchev–Trinajstić information content (AvgIpc) is 2.74. The lowest BCUT2D eigenvalue weighted by atomic mass is 10.2. The van der Waals surface area contributed by atoms with E-state index in [0.29, 0.717) is 18.3 Å². The Morgan fingerprint density at radius 3 is 2.94 bits per heavy atom. The number of hydrogen-bond donors (Lipinski definition) is 1. The summed E-state index contributed by atoms with van der Waals surface area (Å²) in [6, 6.07) is 7.84. The van der Waals surface area contributed by atoms with E-state index in [2.05, 4.69) is 4.98 Å². The van der Waals surface area contributed by atoms with E-state index in [4.69, 9.17) is 15.2 Å². The Kier molecular flexibility index (Phi) is 3.95. The number of hydrogen-bond acceptors (Lipinski definition) is 5. The van der Waals surface area contributed by atoms with Crippen molar-refractivity contribution in [3.63, 3.8) is 0 Å². The first-order chi connectivity index (χ1) is 8.28. The molecule has 2 aromatic rings. The lowest BCUT2D eigenvalue weighted by molar-refractivity contribution is 0.184. The van der Waals surface area contributed by atoms with Gasteiger partial charge in [-0.25, -0.2) is 4.98 Å². The zero-order valence-electron chi connectivity index (χ0n) is 9.55. The zero-order chi connectivity index (χ0) is 12.1. The van der Waals surface area contributed by atoms with Crippen molar-refractivity contribution in [2.24, 2.45) is 0 Å². The largest absolute Gasteiger partial charge is 0.488 e. The van der Waals surface area contributed by atoms with Crippen LogP contribution in [0.3, 0.4) is 0 Å². The van der Waals surface area contributed by atoms with Crippen molar-refractivity contribution in [1.29, 1.82) is 0 Å². The van der Waals surface area contributed by atoms with Gasteiger partial charge in [0.05, 0.1) is 11.5 Å². The van der Waals surface area contributed by atoms with Crippen molar-refractivity contribution in [2.75, 3.05) is 12.8 Å². The van der Waals surface area contributed by atoms with E-state index < -0.39 is 0 Å². The summed E-state index contributed by atoms with van der Waals surface area (Å²) in [5.41, 5.74) is 6.64. The van der Waals surface area contributed by atoms with Gasteiger partial charge < -0.3 is 15.2 Å². The SMILES string of the molecule is COCc1cccc(OCc2cnc(N)s2)c1. The van der Waals surface area contributed by atoms with E-state index in [0.717, 1.165) is 16.2 Å². The molecule has 0 unspecified atom stereocenters. The molecule has 2 rings (SSSR count). The van der Waals surface area contributed by atoms with Crippen molar-refractivity contribution in [3.8, 4) is 5.75 Å². The molecule has 1 heterocycles. The van der Waals surface area contributed by atoms with E-state index in [-0.39, 0.29) is 0 Å². The maximum Gasteiger partial charge on any atom is 0.180 e. The van der Waals surface area contributed by atoms with Gasteiger partial charge in [-0.2, -0.15) is 0 Å². The lowest BCUT2D eigenvalue weighted by Crippen LogP contribution is -1.94. The molecular weight excluding hydrogens is 236 g/mol. The van der Waals surface area contributed by atoms with Crippen LogP contribution in [0, 0.1) is 0 Å². The molecule has 17 heavy (non-hydrogen) atoms. The summed E-state index contributed by atoms with van der Waals surface area (Å²) in [4.78, 5) is 4.99. The molecular formula is C12H14N2O2S. The number of nitrogens with zero attached hydrogens (tertiary/aromatic N) is 1. The van der Waals surface area contributed by atoms with E-state index in [1.54, 1.807) is 13.3 Å². The van der Waals surface area contributed by atoms with E-state index in [1.807, 2.05) is 24.3 Å². The third kappa shape index (κ3) is 3.44. The molecule has 2 N–H and O–H groups in total. The summed E-state index contributed by atoms with van der Waals surface area (Å²) in [5, 5.41) is 0.566. The summed E-state index contributed by atoms with van der Waals surface area (Å²) < 4.78 is 10.7. The second-order valence-corrected chi connectivity index (χ2v) is 4.68. The number of aromatic nitrogens is 1. The maximum atomic E-state index is 5.65. The Bertz CT molecular complexity index is 485. The number of benzene rings is 1. The first-order valence-corrected chi connectivity index (χ1v) is 6.00. The van der Waals surface area contributed by atoms with Crippen LogP contribution >= 0.6 is 11.3 Å². The molecule has 0 fully saturated rings. The van der Waals surface area contributed by atoms with Gasteiger partial charge in [0.2, 0.25) is 0 Å². The number of nitrogen functional groups attached to an aromatic ring is 1. The molecule has 0 amide bonds. The van der Waals surface area contributed by atoms with Gasteiger partial charge in [-0.05, 0) is 17.7 Å². The van der Waals surface area contributed by atoms with Crippen molar-refractivity contribution in [3.05, 3.63) is 40.9 Å². The third-order valence-electron chi connectivity index (χ3n) is 2.16. The van der Waals surface area contributed by atoms with Crippen LogP contribution in [0.25, 0.3) is 0 Å². The smallest absolute Gasteiger partial charge is 0.180 e. The second kappa shape index (κ2) is 5.65. The molecule has 0 aliphatic carbocycles. The van der Waals surface area contributed by atoms with Gasteiger partial charge in [0.1, 0.15) is 12.4 Å². The molecule has 1 aromatic carbocycles. The number of anilines is 1. The van der Waals surface area contributed by atoms with Crippen LogP contribution in [-0.2, 0) is 18.0 Å². The highest BCUT2D eigenvalue weighted by Crippen LogP contribution is 2.19. The van der Waals surface area contributed by atoms with Gasteiger partial charge in [-0.15, -0.1) is 0 Å². The van der Waals surface area contributed by atoms with Crippen LogP contribution in [0.1, 0.15) is 10.4 Å². The van der Waals surface area contributed by atoms with Crippen molar-refractivity contribution < 1.29 is 9.47 Å². The number of rotatable bonds is 5. The summed E-state index contributed by atoms with van der Waals surface area (Å²) >= 11 is 1.44. The molecule has 0 saturated heterocycles. The Labute approximate surface area is 104 Å². The van der Waals surface area contributed by atoms with Crippen LogP contribution in [0.2, 0.25) is 0 Å². The molecule has 5 heteroatoms. The predicted molar refractivity (Wildman–Crippen MR) is 68.0 cm³/mol. The Morgan fingerprint density at radius 1 is 1.35 bits per heavy atom. The van der Waals surface area contributed by atoms with Crippen molar-refractivity contribution >= 4 is 16.5 Å².